The van der Waals surface area contributed by atoms with Gasteiger partial charge in [0, 0.05) is 46.7 Å². The zero-order chi connectivity index (χ0) is 38.3. The molecule has 16 heteroatoms. The number of alkyl halides is 2. The molecule has 4 atom stereocenters. The largest absolute Gasteiger partial charge is 0.384 e. The molecule has 6 heterocycles. The summed E-state index contributed by atoms with van der Waals surface area (Å²) in [5.74, 6) is 0.413. The van der Waals surface area contributed by atoms with Crippen LogP contribution in [0.25, 0.3) is 44.1 Å². The fourth-order valence-electron chi connectivity index (χ4n) is 6.15. The number of fused-ring (bicyclic) bond motifs is 2. The molecule has 0 aliphatic heterocycles. The van der Waals surface area contributed by atoms with E-state index in [2.05, 4.69) is 40.5 Å². The van der Waals surface area contributed by atoms with Gasteiger partial charge in [0.15, 0.2) is 0 Å². The molecular formula is C38H38F2N12O2. The second-order valence-corrected chi connectivity index (χ2v) is 13.3. The SMILES string of the molecule is CCc1cc(N)ncc1-c1cc2cc(NC(=O)[C@@H]3C[C@@H]3F)ncc2c(N)n1.CCc1cc(N)ncc1-c1cc2cc(NC(=O)[C@H]3C[C@H]3F)ncc2c(N)n1. The number of halogens is 2. The number of anilines is 6. The van der Waals surface area contributed by atoms with Crippen LogP contribution in [0.5, 0.6) is 0 Å². The molecule has 0 saturated heterocycles. The molecule has 2 aliphatic carbocycles. The van der Waals surface area contributed by atoms with Crippen molar-refractivity contribution in [2.45, 2.75) is 51.9 Å². The Morgan fingerprint density at radius 2 is 1.02 bits per heavy atom. The average Bonchev–Trinajstić information content (AvgIpc) is 4.08. The third-order valence-electron chi connectivity index (χ3n) is 9.43. The van der Waals surface area contributed by atoms with Crippen LogP contribution < -0.4 is 33.6 Å². The topological polar surface area (TPSA) is 240 Å². The number of hydrogen-bond acceptors (Lipinski definition) is 12. The Bertz CT molecular complexity index is 2280. The van der Waals surface area contributed by atoms with E-state index in [4.69, 9.17) is 22.9 Å². The molecule has 0 unspecified atom stereocenters. The number of nitrogen functional groups attached to an aromatic ring is 4. The smallest absolute Gasteiger partial charge is 0.231 e. The average molecular weight is 733 g/mol. The normalized spacial score (nSPS) is 18.4. The second kappa shape index (κ2) is 14.4. The quantitative estimate of drug-likeness (QED) is 0.115. The maximum atomic E-state index is 13.1. The van der Waals surface area contributed by atoms with Crippen molar-refractivity contribution in [1.29, 1.82) is 0 Å². The third kappa shape index (κ3) is 7.49. The molecule has 10 N–H and O–H groups in total. The van der Waals surface area contributed by atoms with E-state index in [1.807, 2.05) is 38.1 Å². The first-order valence-corrected chi connectivity index (χ1v) is 17.4. The van der Waals surface area contributed by atoms with Crippen LogP contribution in [0.3, 0.4) is 0 Å². The summed E-state index contributed by atoms with van der Waals surface area (Å²) in [6, 6.07) is 10.8. The van der Waals surface area contributed by atoms with Crippen LogP contribution in [0.1, 0.15) is 37.8 Å². The highest BCUT2D eigenvalue weighted by Gasteiger charge is 2.44. The summed E-state index contributed by atoms with van der Waals surface area (Å²) in [6.45, 7) is 4.05. The zero-order valence-electron chi connectivity index (χ0n) is 29.5. The summed E-state index contributed by atoms with van der Waals surface area (Å²) >= 11 is 0. The van der Waals surface area contributed by atoms with Gasteiger partial charge in [0.25, 0.3) is 0 Å². The molecule has 2 aliphatic rings. The summed E-state index contributed by atoms with van der Waals surface area (Å²) in [5.41, 5.74) is 28.8. The second-order valence-electron chi connectivity index (χ2n) is 13.3. The summed E-state index contributed by atoms with van der Waals surface area (Å²) in [6.07, 6.45) is 6.44. The molecule has 2 saturated carbocycles. The molecule has 2 fully saturated rings. The lowest BCUT2D eigenvalue weighted by Gasteiger charge is -2.11. The van der Waals surface area contributed by atoms with Gasteiger partial charge < -0.3 is 33.6 Å². The zero-order valence-corrected chi connectivity index (χ0v) is 29.5. The Hall–Kier alpha value is -6.58. The number of rotatable bonds is 8. The van der Waals surface area contributed by atoms with Crippen molar-refractivity contribution in [2.75, 3.05) is 33.6 Å². The third-order valence-corrected chi connectivity index (χ3v) is 9.43. The number of aryl methyl sites for hydroxylation is 2. The van der Waals surface area contributed by atoms with Crippen molar-refractivity contribution in [3.05, 3.63) is 72.3 Å². The molecule has 2 amide bonds. The first-order valence-electron chi connectivity index (χ1n) is 17.4. The molecule has 54 heavy (non-hydrogen) atoms. The predicted molar refractivity (Wildman–Crippen MR) is 205 cm³/mol. The minimum absolute atomic E-state index is 0.268. The first-order chi connectivity index (χ1) is 25.9. The van der Waals surface area contributed by atoms with Crippen LogP contribution in [0.15, 0.2) is 61.2 Å². The van der Waals surface area contributed by atoms with Crippen molar-refractivity contribution in [1.82, 2.24) is 29.9 Å². The Kier molecular flexibility index (Phi) is 9.58. The molecule has 0 aromatic carbocycles. The molecule has 0 spiro atoms. The number of amides is 2. The van der Waals surface area contributed by atoms with Gasteiger partial charge in [-0.05, 0) is 84.0 Å². The van der Waals surface area contributed by atoms with Crippen molar-refractivity contribution in [3.8, 4) is 22.5 Å². The van der Waals surface area contributed by atoms with E-state index in [9.17, 15) is 18.4 Å². The van der Waals surface area contributed by atoms with E-state index in [1.165, 1.54) is 0 Å². The van der Waals surface area contributed by atoms with Crippen molar-refractivity contribution in [2.24, 2.45) is 11.8 Å². The summed E-state index contributed by atoms with van der Waals surface area (Å²) in [7, 11) is 0. The van der Waals surface area contributed by atoms with Crippen LogP contribution in [-0.4, -0.2) is 54.1 Å². The maximum Gasteiger partial charge on any atom is 0.231 e. The first kappa shape index (κ1) is 35.8. The van der Waals surface area contributed by atoms with Crippen LogP contribution in [0.4, 0.5) is 43.7 Å². The molecule has 6 aromatic heterocycles. The van der Waals surface area contributed by atoms with Crippen LogP contribution in [-0.2, 0) is 22.4 Å². The summed E-state index contributed by atoms with van der Waals surface area (Å²) in [5, 5.41) is 8.20. The van der Waals surface area contributed by atoms with E-state index in [1.54, 1.807) is 36.9 Å². The number of nitrogens with zero attached hydrogens (tertiary/aromatic N) is 6. The number of carbonyl (C=O) groups excluding carboxylic acids is 2. The number of nitrogens with two attached hydrogens (primary N) is 4. The van der Waals surface area contributed by atoms with Crippen molar-refractivity contribution < 1.29 is 18.4 Å². The number of pyridine rings is 6. The molecule has 0 bridgehead atoms. The lowest BCUT2D eigenvalue weighted by molar-refractivity contribution is -0.118. The standard InChI is InChI=1S/2C19H19FN6O/c2*1-2-9-4-16(21)23-7-12(9)15-3-10-5-17(24-8-13(10)18(22)25-15)26-19(27)11-6-14(11)20/h2*3-5,7-8,11,14H,2,6H2,1H3,(H2,21,23)(H2,22,25)(H,24,26,27)/t2*11-,14+/m10/s1. The van der Waals surface area contributed by atoms with Gasteiger partial charge in [0.1, 0.15) is 47.3 Å². The summed E-state index contributed by atoms with van der Waals surface area (Å²) < 4.78 is 26.1. The van der Waals surface area contributed by atoms with Gasteiger partial charge in [-0.15, -0.1) is 0 Å². The molecule has 0 radical (unpaired) electrons. The van der Waals surface area contributed by atoms with Gasteiger partial charge in [0.05, 0.1) is 23.2 Å². The van der Waals surface area contributed by atoms with Crippen LogP contribution >= 0.6 is 0 Å². The lowest BCUT2D eigenvalue weighted by Crippen LogP contribution is -2.15. The van der Waals surface area contributed by atoms with Crippen molar-refractivity contribution in [3.63, 3.8) is 0 Å². The lowest BCUT2D eigenvalue weighted by atomic mass is 10.0. The van der Waals surface area contributed by atoms with E-state index < -0.39 is 24.2 Å². The van der Waals surface area contributed by atoms with Gasteiger partial charge in [0.2, 0.25) is 11.8 Å². The number of nitrogens with one attached hydrogen (secondary N) is 2. The Morgan fingerprint density at radius 3 is 1.37 bits per heavy atom. The number of hydrogen-bond donors (Lipinski definition) is 6. The van der Waals surface area contributed by atoms with E-state index in [0.717, 1.165) is 45.9 Å². The Labute approximate surface area is 308 Å². The van der Waals surface area contributed by atoms with Gasteiger partial charge in [-0.1, -0.05) is 13.8 Å². The monoisotopic (exact) mass is 732 g/mol. The van der Waals surface area contributed by atoms with Crippen LogP contribution in [0, 0.1) is 11.8 Å². The van der Waals surface area contributed by atoms with Crippen molar-refractivity contribution >= 4 is 68.3 Å². The highest BCUT2D eigenvalue weighted by atomic mass is 19.1. The molecule has 8 rings (SSSR count). The van der Waals surface area contributed by atoms with Gasteiger partial charge in [-0.3, -0.25) is 9.59 Å². The molecule has 14 nitrogen and oxygen atoms in total. The van der Waals surface area contributed by atoms with Gasteiger partial charge in [-0.25, -0.2) is 38.7 Å². The van der Waals surface area contributed by atoms with E-state index >= 15 is 0 Å². The van der Waals surface area contributed by atoms with Gasteiger partial charge in [-0.2, -0.15) is 0 Å². The van der Waals surface area contributed by atoms with Crippen LogP contribution in [0.2, 0.25) is 0 Å². The highest BCUT2D eigenvalue weighted by Crippen LogP contribution is 2.36. The van der Waals surface area contributed by atoms with E-state index in [0.29, 0.717) is 57.1 Å². The van der Waals surface area contributed by atoms with Gasteiger partial charge >= 0.3 is 0 Å². The predicted octanol–water partition coefficient (Wildman–Crippen LogP) is 5.43. The minimum Gasteiger partial charge on any atom is -0.384 e. The highest BCUT2D eigenvalue weighted by molar-refractivity contribution is 6.00. The number of aromatic nitrogens is 6. The van der Waals surface area contributed by atoms with E-state index in [-0.39, 0.29) is 24.7 Å². The molecular weight excluding hydrogens is 694 g/mol. The Morgan fingerprint density at radius 1 is 0.630 bits per heavy atom. The fourth-order valence-corrected chi connectivity index (χ4v) is 6.15. The minimum atomic E-state index is -1.05. The Balaban J connectivity index is 0.000000167. The summed E-state index contributed by atoms with van der Waals surface area (Å²) in [4.78, 5) is 49.5. The molecule has 276 valence electrons. The fraction of sp³-hybridized carbons (Fsp3) is 0.263. The molecule has 6 aromatic rings. The number of carbonyl (C=O) groups is 2. The maximum absolute atomic E-state index is 13.1.